The lowest BCUT2D eigenvalue weighted by molar-refractivity contribution is 0.124. The summed E-state index contributed by atoms with van der Waals surface area (Å²) in [5.41, 5.74) is 2.57. The van der Waals surface area contributed by atoms with E-state index >= 15 is 0 Å². The second-order valence-corrected chi connectivity index (χ2v) is 8.18. The van der Waals surface area contributed by atoms with Gasteiger partial charge in [0.2, 0.25) is 0 Å². The van der Waals surface area contributed by atoms with Gasteiger partial charge in [-0.2, -0.15) is 0 Å². The summed E-state index contributed by atoms with van der Waals surface area (Å²) in [5, 5.41) is 17.9. The first kappa shape index (κ1) is 21.0. The highest BCUT2D eigenvalue weighted by Gasteiger charge is 2.28. The van der Waals surface area contributed by atoms with E-state index in [0.717, 1.165) is 45.8 Å². The molecule has 0 amide bonds. The van der Waals surface area contributed by atoms with E-state index in [0.29, 0.717) is 18.8 Å². The summed E-state index contributed by atoms with van der Waals surface area (Å²) in [5.74, 6) is 8.42. The molecule has 1 aromatic heterocycles. The average molecular weight is 437 g/mol. The minimum atomic E-state index is -0.968. The number of nitrogens with one attached hydrogen (secondary N) is 2. The van der Waals surface area contributed by atoms with Crippen LogP contribution in [0, 0.1) is 18.8 Å². The first-order valence-corrected chi connectivity index (χ1v) is 10.9. The van der Waals surface area contributed by atoms with Crippen LogP contribution in [0.15, 0.2) is 73.1 Å². The maximum absolute atomic E-state index is 10.5. The molecular weight excluding hydrogens is 412 g/mol. The zero-order chi connectivity index (χ0) is 22.7. The van der Waals surface area contributed by atoms with Crippen LogP contribution in [0.1, 0.15) is 17.5 Å². The average Bonchev–Trinajstić information content (AvgIpc) is 3.27. The molecule has 1 saturated heterocycles. The fourth-order valence-corrected chi connectivity index (χ4v) is 3.80. The summed E-state index contributed by atoms with van der Waals surface area (Å²) >= 11 is 0. The Bertz CT molecular complexity index is 1350. The van der Waals surface area contributed by atoms with E-state index in [1.54, 1.807) is 6.33 Å². The molecule has 0 aliphatic carbocycles. The fourth-order valence-electron chi connectivity index (χ4n) is 3.80. The number of hydrogen-bond donors (Lipinski definition) is 3. The molecular formula is C27H24N4O2. The lowest BCUT2D eigenvalue weighted by Gasteiger charge is -2.13. The molecule has 6 heteroatoms. The van der Waals surface area contributed by atoms with E-state index in [4.69, 9.17) is 4.74 Å². The highest BCUT2D eigenvalue weighted by atomic mass is 16.5. The number of aromatic nitrogens is 2. The van der Waals surface area contributed by atoms with Gasteiger partial charge in [-0.3, -0.25) is 0 Å². The van der Waals surface area contributed by atoms with Crippen molar-refractivity contribution in [3.8, 4) is 23.3 Å². The van der Waals surface area contributed by atoms with Crippen LogP contribution in [0.5, 0.6) is 11.5 Å². The van der Waals surface area contributed by atoms with E-state index in [-0.39, 0.29) is 0 Å². The Morgan fingerprint density at radius 2 is 1.94 bits per heavy atom. The largest absolute Gasteiger partial charge is 0.457 e. The summed E-state index contributed by atoms with van der Waals surface area (Å²) in [7, 11) is 0. The van der Waals surface area contributed by atoms with E-state index in [1.165, 1.54) is 0 Å². The maximum Gasteiger partial charge on any atom is 0.141 e. The van der Waals surface area contributed by atoms with Gasteiger partial charge in [-0.15, -0.1) is 0 Å². The van der Waals surface area contributed by atoms with Crippen molar-refractivity contribution in [2.75, 3.05) is 18.4 Å². The zero-order valence-corrected chi connectivity index (χ0v) is 18.3. The van der Waals surface area contributed by atoms with Gasteiger partial charge >= 0.3 is 0 Å². The summed E-state index contributed by atoms with van der Waals surface area (Å²) in [6.07, 6.45) is 2.18. The monoisotopic (exact) mass is 436 g/mol. The number of anilines is 2. The topological polar surface area (TPSA) is 79.3 Å². The Morgan fingerprint density at radius 3 is 2.73 bits per heavy atom. The molecule has 1 unspecified atom stereocenters. The van der Waals surface area contributed by atoms with Gasteiger partial charge in [0.25, 0.3) is 0 Å². The molecule has 1 aliphatic heterocycles. The Hall–Kier alpha value is -3.92. The van der Waals surface area contributed by atoms with Gasteiger partial charge in [0.15, 0.2) is 0 Å². The van der Waals surface area contributed by atoms with Crippen LogP contribution in [-0.4, -0.2) is 33.8 Å². The van der Waals surface area contributed by atoms with Crippen LogP contribution in [0.2, 0.25) is 0 Å². The van der Waals surface area contributed by atoms with E-state index in [2.05, 4.69) is 32.4 Å². The van der Waals surface area contributed by atoms with Crippen molar-refractivity contribution in [2.24, 2.45) is 0 Å². The number of para-hydroxylation sites is 1. The van der Waals surface area contributed by atoms with Gasteiger partial charge in [0.1, 0.15) is 29.2 Å². The minimum Gasteiger partial charge on any atom is -0.457 e. The first-order valence-electron chi connectivity index (χ1n) is 10.9. The third-order valence-corrected chi connectivity index (χ3v) is 5.62. The molecule has 2 heterocycles. The number of nitrogens with zero attached hydrogens (tertiary/aromatic N) is 2. The molecule has 0 spiro atoms. The molecule has 1 fully saturated rings. The molecule has 0 bridgehead atoms. The molecule has 33 heavy (non-hydrogen) atoms. The Balaban J connectivity index is 1.40. The highest BCUT2D eigenvalue weighted by Crippen LogP contribution is 2.30. The normalized spacial score (nSPS) is 17.4. The first-order chi connectivity index (χ1) is 16.1. The SMILES string of the molecule is Cc1cc(Nc2ncnc3ccc(C#CC4(O)CCNC4)cc23)ccc1Oc1ccccc1. The van der Waals surface area contributed by atoms with Crippen LogP contribution >= 0.6 is 0 Å². The zero-order valence-electron chi connectivity index (χ0n) is 18.3. The van der Waals surface area contributed by atoms with Crippen molar-refractivity contribution in [3.05, 3.63) is 84.2 Å². The van der Waals surface area contributed by atoms with Crippen LogP contribution < -0.4 is 15.4 Å². The molecule has 4 aromatic rings. The van der Waals surface area contributed by atoms with Gasteiger partial charge in [-0.1, -0.05) is 30.0 Å². The van der Waals surface area contributed by atoms with Gasteiger partial charge in [0, 0.05) is 29.6 Å². The summed E-state index contributed by atoms with van der Waals surface area (Å²) in [6, 6.07) is 21.4. The number of fused-ring (bicyclic) bond motifs is 1. The van der Waals surface area contributed by atoms with Crippen LogP contribution in [0.3, 0.4) is 0 Å². The predicted molar refractivity (Wildman–Crippen MR) is 130 cm³/mol. The van der Waals surface area contributed by atoms with Crippen molar-refractivity contribution in [3.63, 3.8) is 0 Å². The van der Waals surface area contributed by atoms with E-state index in [1.807, 2.05) is 73.7 Å². The molecule has 1 aliphatic rings. The molecule has 0 radical (unpaired) electrons. The number of aliphatic hydroxyl groups is 1. The van der Waals surface area contributed by atoms with Crippen molar-refractivity contribution >= 4 is 22.4 Å². The Labute approximate surface area is 192 Å². The number of ether oxygens (including phenoxy) is 1. The van der Waals surface area contributed by atoms with E-state index in [9.17, 15) is 5.11 Å². The molecule has 6 nitrogen and oxygen atoms in total. The van der Waals surface area contributed by atoms with Crippen molar-refractivity contribution < 1.29 is 9.84 Å². The standard InChI is InChI=1S/C27H24N4O2/c1-19-15-21(8-10-25(19)33-22-5-3-2-4-6-22)31-26-23-16-20(7-9-24(23)29-18-30-26)11-12-27(32)13-14-28-17-27/h2-10,15-16,18,28,32H,13-14,17H2,1H3,(H,29,30,31). The van der Waals surface area contributed by atoms with Gasteiger partial charge < -0.3 is 20.5 Å². The summed E-state index contributed by atoms with van der Waals surface area (Å²) in [4.78, 5) is 8.83. The van der Waals surface area contributed by atoms with Gasteiger partial charge in [0.05, 0.1) is 5.52 Å². The molecule has 0 saturated carbocycles. The number of aryl methyl sites for hydroxylation is 1. The number of rotatable bonds is 4. The molecule has 3 aromatic carbocycles. The third kappa shape index (κ3) is 4.80. The Kier molecular flexibility index (Phi) is 5.66. The van der Waals surface area contributed by atoms with Crippen LogP contribution in [0.25, 0.3) is 10.9 Å². The number of β-amino-alcohol motifs (C(OH)–C–C–N with tert-alkyl or cyclic N) is 1. The van der Waals surface area contributed by atoms with Crippen LogP contribution in [-0.2, 0) is 0 Å². The van der Waals surface area contributed by atoms with Gasteiger partial charge in [-0.25, -0.2) is 9.97 Å². The number of hydrogen-bond acceptors (Lipinski definition) is 6. The Morgan fingerprint density at radius 1 is 1.06 bits per heavy atom. The highest BCUT2D eigenvalue weighted by molar-refractivity contribution is 5.91. The maximum atomic E-state index is 10.5. The smallest absolute Gasteiger partial charge is 0.141 e. The number of benzene rings is 3. The summed E-state index contributed by atoms with van der Waals surface area (Å²) in [6.45, 7) is 3.28. The van der Waals surface area contributed by atoms with E-state index < -0.39 is 5.60 Å². The molecule has 5 rings (SSSR count). The minimum absolute atomic E-state index is 0.493. The fraction of sp³-hybridized carbons (Fsp3) is 0.185. The summed E-state index contributed by atoms with van der Waals surface area (Å²) < 4.78 is 5.98. The lowest BCUT2D eigenvalue weighted by atomic mass is 10.0. The molecule has 164 valence electrons. The lowest BCUT2D eigenvalue weighted by Crippen LogP contribution is -2.28. The van der Waals surface area contributed by atoms with Crippen molar-refractivity contribution in [2.45, 2.75) is 18.9 Å². The van der Waals surface area contributed by atoms with Crippen molar-refractivity contribution in [1.29, 1.82) is 0 Å². The predicted octanol–water partition coefficient (Wildman–Crippen LogP) is 4.55. The second-order valence-electron chi connectivity index (χ2n) is 8.18. The quantitative estimate of drug-likeness (QED) is 0.408. The van der Waals surface area contributed by atoms with Crippen LogP contribution in [0.4, 0.5) is 11.5 Å². The molecule has 3 N–H and O–H groups in total. The van der Waals surface area contributed by atoms with Gasteiger partial charge in [-0.05, 0) is 67.6 Å². The van der Waals surface area contributed by atoms with Crippen molar-refractivity contribution in [1.82, 2.24) is 15.3 Å². The second kappa shape index (κ2) is 8.91. The molecule has 1 atom stereocenters. The third-order valence-electron chi connectivity index (χ3n) is 5.62.